The van der Waals surface area contributed by atoms with Gasteiger partial charge in [0.05, 0.1) is 27.6 Å². The fourth-order valence-corrected chi connectivity index (χ4v) is 2.19. The summed E-state index contributed by atoms with van der Waals surface area (Å²) in [4.78, 5) is 35.3. The number of anilines is 1. The Morgan fingerprint density at radius 2 is 1.71 bits per heavy atom. The second-order valence-electron chi connectivity index (χ2n) is 5.28. The van der Waals surface area contributed by atoms with Gasteiger partial charge in [-0.1, -0.05) is 0 Å². The standard InChI is InChI=1S/C18H20N2O8/c1-24-13-7-11(8-14(25-2)17(13)26-3)20-15(21)10-28-16(22)9-19-18(23)12-5-4-6-27-12/h4-8H,9-10H2,1-3H3,(H,19,23)(H,20,21). The summed E-state index contributed by atoms with van der Waals surface area (Å²) in [7, 11) is 4.35. The molecule has 1 aromatic carbocycles. The summed E-state index contributed by atoms with van der Waals surface area (Å²) < 4.78 is 25.3. The number of methoxy groups -OCH3 is 3. The van der Waals surface area contributed by atoms with E-state index in [-0.39, 0.29) is 5.76 Å². The van der Waals surface area contributed by atoms with E-state index in [1.54, 1.807) is 6.07 Å². The molecular weight excluding hydrogens is 372 g/mol. The van der Waals surface area contributed by atoms with Gasteiger partial charge >= 0.3 is 5.97 Å². The first kappa shape index (κ1) is 20.6. The number of rotatable bonds is 9. The van der Waals surface area contributed by atoms with E-state index in [4.69, 9.17) is 23.4 Å². The topological polar surface area (TPSA) is 125 Å². The van der Waals surface area contributed by atoms with Crippen molar-refractivity contribution in [1.82, 2.24) is 5.32 Å². The van der Waals surface area contributed by atoms with Crippen molar-refractivity contribution in [2.45, 2.75) is 0 Å². The first-order chi connectivity index (χ1) is 13.5. The lowest BCUT2D eigenvalue weighted by atomic mass is 10.2. The number of nitrogens with one attached hydrogen (secondary N) is 2. The molecule has 2 N–H and O–H groups in total. The minimum atomic E-state index is -0.778. The lowest BCUT2D eigenvalue weighted by Gasteiger charge is -2.14. The van der Waals surface area contributed by atoms with E-state index in [0.717, 1.165) is 0 Å². The van der Waals surface area contributed by atoms with E-state index in [0.29, 0.717) is 22.9 Å². The average molecular weight is 392 g/mol. The van der Waals surface area contributed by atoms with Gasteiger partial charge in [-0.3, -0.25) is 14.4 Å². The van der Waals surface area contributed by atoms with Crippen LogP contribution < -0.4 is 24.8 Å². The Bertz CT molecular complexity index is 807. The van der Waals surface area contributed by atoms with Gasteiger partial charge in [0.1, 0.15) is 6.54 Å². The second-order valence-corrected chi connectivity index (χ2v) is 5.28. The van der Waals surface area contributed by atoms with Crippen molar-refractivity contribution < 1.29 is 37.7 Å². The van der Waals surface area contributed by atoms with E-state index in [1.807, 2.05) is 0 Å². The van der Waals surface area contributed by atoms with Crippen LogP contribution in [-0.2, 0) is 14.3 Å². The lowest BCUT2D eigenvalue weighted by Crippen LogP contribution is -2.32. The van der Waals surface area contributed by atoms with Gasteiger partial charge in [-0.25, -0.2) is 0 Å². The minimum absolute atomic E-state index is 0.0629. The van der Waals surface area contributed by atoms with Gasteiger partial charge in [0.25, 0.3) is 11.8 Å². The Morgan fingerprint density at radius 1 is 1.04 bits per heavy atom. The molecule has 0 saturated heterocycles. The molecule has 2 aromatic rings. The summed E-state index contributed by atoms with van der Waals surface area (Å²) in [6.45, 7) is -0.941. The van der Waals surface area contributed by atoms with Gasteiger partial charge in [0, 0.05) is 17.8 Å². The molecule has 0 aliphatic heterocycles. The predicted octanol–water partition coefficient (Wildman–Crippen LogP) is 1.22. The van der Waals surface area contributed by atoms with Crippen LogP contribution >= 0.6 is 0 Å². The molecule has 150 valence electrons. The number of hydrogen-bond donors (Lipinski definition) is 2. The van der Waals surface area contributed by atoms with E-state index in [9.17, 15) is 14.4 Å². The molecule has 0 aliphatic carbocycles. The highest BCUT2D eigenvalue weighted by molar-refractivity contribution is 5.95. The molecule has 0 fully saturated rings. The number of esters is 1. The van der Waals surface area contributed by atoms with Crippen molar-refractivity contribution in [3.05, 3.63) is 36.3 Å². The van der Waals surface area contributed by atoms with Crippen molar-refractivity contribution in [3.8, 4) is 17.2 Å². The molecule has 10 heteroatoms. The zero-order chi connectivity index (χ0) is 20.5. The molecule has 1 aromatic heterocycles. The average Bonchev–Trinajstić information content (AvgIpc) is 3.24. The highest BCUT2D eigenvalue weighted by Gasteiger charge is 2.16. The smallest absolute Gasteiger partial charge is 0.325 e. The fourth-order valence-electron chi connectivity index (χ4n) is 2.19. The summed E-state index contributed by atoms with van der Waals surface area (Å²) in [6, 6.07) is 6.06. The minimum Gasteiger partial charge on any atom is -0.493 e. The van der Waals surface area contributed by atoms with E-state index < -0.39 is 30.9 Å². The number of carbonyl (C=O) groups is 3. The molecule has 0 saturated carbocycles. The van der Waals surface area contributed by atoms with Gasteiger partial charge < -0.3 is 34.0 Å². The maximum atomic E-state index is 12.0. The van der Waals surface area contributed by atoms with Gasteiger partial charge in [-0.2, -0.15) is 0 Å². The lowest BCUT2D eigenvalue weighted by molar-refractivity contribution is -0.146. The van der Waals surface area contributed by atoms with Crippen LogP contribution in [0.3, 0.4) is 0 Å². The SMILES string of the molecule is COc1cc(NC(=O)COC(=O)CNC(=O)c2ccco2)cc(OC)c1OC. The van der Waals surface area contributed by atoms with Crippen LogP contribution in [0.2, 0.25) is 0 Å². The summed E-state index contributed by atoms with van der Waals surface area (Å²) in [5.74, 6) is -0.775. The maximum absolute atomic E-state index is 12.0. The van der Waals surface area contributed by atoms with Crippen molar-refractivity contribution in [2.24, 2.45) is 0 Å². The van der Waals surface area contributed by atoms with Crippen LogP contribution in [0.15, 0.2) is 34.9 Å². The number of ether oxygens (including phenoxy) is 4. The summed E-state index contributed by atoms with van der Waals surface area (Å²) in [5, 5.41) is 4.87. The van der Waals surface area contributed by atoms with Crippen molar-refractivity contribution in [2.75, 3.05) is 39.8 Å². The molecule has 1 heterocycles. The van der Waals surface area contributed by atoms with Gasteiger partial charge in [0.15, 0.2) is 23.9 Å². The third-order valence-electron chi connectivity index (χ3n) is 3.45. The van der Waals surface area contributed by atoms with E-state index >= 15 is 0 Å². The normalized spacial score (nSPS) is 9.96. The molecule has 28 heavy (non-hydrogen) atoms. The zero-order valence-electron chi connectivity index (χ0n) is 15.6. The van der Waals surface area contributed by atoms with Gasteiger partial charge in [-0.05, 0) is 12.1 Å². The molecule has 10 nitrogen and oxygen atoms in total. The number of hydrogen-bond acceptors (Lipinski definition) is 8. The van der Waals surface area contributed by atoms with Crippen molar-refractivity contribution >= 4 is 23.5 Å². The van der Waals surface area contributed by atoms with Gasteiger partial charge in [-0.15, -0.1) is 0 Å². The molecule has 0 aliphatic rings. The Kier molecular flexibility index (Phi) is 7.26. The Balaban J connectivity index is 1.85. The third-order valence-corrected chi connectivity index (χ3v) is 3.45. The van der Waals surface area contributed by atoms with Crippen molar-refractivity contribution in [3.63, 3.8) is 0 Å². The quantitative estimate of drug-likeness (QED) is 0.610. The molecular formula is C18H20N2O8. The van der Waals surface area contributed by atoms with Crippen LogP contribution in [0.1, 0.15) is 10.6 Å². The van der Waals surface area contributed by atoms with Gasteiger partial charge in [0.2, 0.25) is 5.75 Å². The van der Waals surface area contributed by atoms with Crippen molar-refractivity contribution in [1.29, 1.82) is 0 Å². The number of carbonyl (C=O) groups excluding carboxylic acids is 3. The van der Waals surface area contributed by atoms with Crippen LogP contribution in [0.25, 0.3) is 0 Å². The number of furan rings is 1. The summed E-state index contributed by atoms with van der Waals surface area (Å²) in [6.07, 6.45) is 1.33. The largest absolute Gasteiger partial charge is 0.493 e. The molecule has 0 radical (unpaired) electrons. The Labute approximate surface area is 160 Å². The molecule has 0 atom stereocenters. The zero-order valence-corrected chi connectivity index (χ0v) is 15.6. The Morgan fingerprint density at radius 3 is 2.25 bits per heavy atom. The predicted molar refractivity (Wildman–Crippen MR) is 96.7 cm³/mol. The highest BCUT2D eigenvalue weighted by atomic mass is 16.5. The molecule has 0 bridgehead atoms. The van der Waals surface area contributed by atoms with Crippen LogP contribution in [0.4, 0.5) is 5.69 Å². The monoisotopic (exact) mass is 392 g/mol. The fraction of sp³-hybridized carbons (Fsp3) is 0.278. The van der Waals surface area contributed by atoms with E-state index in [2.05, 4.69) is 10.6 Å². The summed E-state index contributed by atoms with van der Waals surface area (Å²) >= 11 is 0. The highest BCUT2D eigenvalue weighted by Crippen LogP contribution is 2.39. The molecule has 0 unspecified atom stereocenters. The molecule has 2 amide bonds. The Hall–Kier alpha value is -3.69. The third kappa shape index (κ3) is 5.40. The molecule has 2 rings (SSSR count). The van der Waals surface area contributed by atoms with E-state index in [1.165, 1.54) is 45.8 Å². The number of amides is 2. The molecule has 0 spiro atoms. The first-order valence-electron chi connectivity index (χ1n) is 8.05. The first-order valence-corrected chi connectivity index (χ1v) is 8.05. The number of benzene rings is 1. The van der Waals surface area contributed by atoms with Crippen LogP contribution in [-0.4, -0.2) is 52.3 Å². The van der Waals surface area contributed by atoms with Crippen LogP contribution in [0, 0.1) is 0 Å². The van der Waals surface area contributed by atoms with Crippen LogP contribution in [0.5, 0.6) is 17.2 Å². The second kappa shape index (κ2) is 9.86. The summed E-state index contributed by atoms with van der Waals surface area (Å²) in [5.41, 5.74) is 0.363. The maximum Gasteiger partial charge on any atom is 0.325 e.